The number of carbonyl (C=O) groups excluding carboxylic acids is 1. The van der Waals surface area contributed by atoms with E-state index in [2.05, 4.69) is 35.3 Å². The van der Waals surface area contributed by atoms with Crippen molar-refractivity contribution in [1.29, 1.82) is 0 Å². The number of carbonyl (C=O) groups is 2. The average molecular weight is 274 g/mol. The fraction of sp³-hybridized carbons (Fsp3) is 0.400. The summed E-state index contributed by atoms with van der Waals surface area (Å²) in [6, 6.07) is 0. The van der Waals surface area contributed by atoms with Gasteiger partial charge in [-0.3, -0.25) is 4.79 Å². The molecule has 0 saturated carbocycles. The molecule has 0 aliphatic rings. The Morgan fingerprint density at radius 3 is 1.80 bits per heavy atom. The molecule has 15 heavy (non-hydrogen) atoms. The van der Waals surface area contributed by atoms with Gasteiger partial charge in [-0.25, -0.2) is 4.79 Å². The molecular formula is C5H12N2Na2O4S2. The predicted molar refractivity (Wildman–Crippen MR) is 55.8 cm³/mol. The van der Waals surface area contributed by atoms with Crippen LogP contribution in [0.2, 0.25) is 0 Å². The first-order valence-electron chi connectivity index (χ1n) is 2.94. The molecule has 0 aliphatic heterocycles. The Morgan fingerprint density at radius 1 is 1.47 bits per heavy atom. The summed E-state index contributed by atoms with van der Waals surface area (Å²) in [5, 5.41) is 7.31. The van der Waals surface area contributed by atoms with Crippen LogP contribution in [0.4, 0.5) is 4.79 Å². The van der Waals surface area contributed by atoms with Gasteiger partial charge in [-0.15, -0.1) is 0 Å². The van der Waals surface area contributed by atoms with Gasteiger partial charge in [0.1, 0.15) is 0 Å². The second kappa shape index (κ2) is 15.0. The minimum Gasteiger partial charge on any atom is -1.00 e. The van der Waals surface area contributed by atoms with Crippen molar-refractivity contribution in [1.82, 2.24) is 0 Å². The van der Waals surface area contributed by atoms with Gasteiger partial charge in [0.25, 0.3) is 10.4 Å². The van der Waals surface area contributed by atoms with Gasteiger partial charge in [0.05, 0.1) is 0 Å². The summed E-state index contributed by atoms with van der Waals surface area (Å²) < 4.78 is 4.42. The third-order valence-corrected chi connectivity index (χ3v) is 0.737. The van der Waals surface area contributed by atoms with Gasteiger partial charge >= 0.3 is 65.1 Å². The van der Waals surface area contributed by atoms with Crippen molar-refractivity contribution < 1.29 is 81.4 Å². The van der Waals surface area contributed by atoms with Crippen LogP contribution < -0.4 is 70.6 Å². The normalized spacial score (nSPS) is 8.93. The number of primary amides is 1. The number of aliphatic carboxylic acids is 1. The largest absolute Gasteiger partial charge is 1.00 e. The predicted octanol–water partition coefficient (Wildman–Crippen LogP) is -6.05. The van der Waals surface area contributed by atoms with Crippen LogP contribution in [0.3, 0.4) is 0 Å². The van der Waals surface area contributed by atoms with E-state index < -0.39 is 17.3 Å². The molecular weight excluding hydrogens is 262 g/mol. The second-order valence-electron chi connectivity index (χ2n) is 1.76. The maximum Gasteiger partial charge on any atom is 1.00 e. The molecule has 0 aromatic carbocycles. The van der Waals surface area contributed by atoms with Gasteiger partial charge < -0.3 is 24.2 Å². The van der Waals surface area contributed by atoms with E-state index in [4.69, 9.17) is 15.6 Å². The molecule has 0 rings (SSSR count). The molecule has 0 fully saturated rings. The molecule has 0 spiro atoms. The summed E-state index contributed by atoms with van der Waals surface area (Å²) in [5.41, 5.74) is 9.21. The van der Waals surface area contributed by atoms with E-state index in [1.165, 1.54) is 6.92 Å². The Hall–Kier alpha value is 0.980. The van der Waals surface area contributed by atoms with Crippen LogP contribution in [0.25, 0.3) is 0 Å². The van der Waals surface area contributed by atoms with Crippen molar-refractivity contribution in [3.8, 4) is 0 Å². The summed E-state index contributed by atoms with van der Waals surface area (Å²) in [7, 11) is 0. The molecule has 0 aliphatic carbocycles. The maximum atomic E-state index is 9.99. The van der Waals surface area contributed by atoms with Gasteiger partial charge in [0.15, 0.2) is 6.10 Å². The Bertz CT molecular complexity index is 222. The maximum absolute atomic E-state index is 9.99. The topological polar surface area (TPSA) is 116 Å². The number of ether oxygens (including phenoxy) is 1. The first-order chi connectivity index (χ1) is 5.77. The number of nitrogens with two attached hydrogens (primary N) is 2. The quantitative estimate of drug-likeness (QED) is 0.226. The summed E-state index contributed by atoms with van der Waals surface area (Å²) in [5.74, 6) is -1.08. The van der Waals surface area contributed by atoms with Crippen LogP contribution in [-0.4, -0.2) is 27.6 Å². The number of thiol groups is 1. The zero-order valence-electron chi connectivity index (χ0n) is 10.8. The molecule has 5 N–H and O–H groups in total. The SMILES string of the molecule is CC(OC(N)=S)C(=O)O.NC(=O)S.[H-].[H-].[Na+].[Na+]. The van der Waals surface area contributed by atoms with E-state index in [1.54, 1.807) is 0 Å². The van der Waals surface area contributed by atoms with E-state index in [9.17, 15) is 4.79 Å². The van der Waals surface area contributed by atoms with Crippen molar-refractivity contribution in [2.24, 2.45) is 11.5 Å². The first kappa shape index (κ1) is 25.0. The number of carboxylic acid groups (broad SMARTS) is 1. The Labute approximate surface area is 145 Å². The fourth-order valence-corrected chi connectivity index (χ4v) is 0.369. The van der Waals surface area contributed by atoms with Crippen molar-refractivity contribution in [2.75, 3.05) is 0 Å². The van der Waals surface area contributed by atoms with E-state index in [-0.39, 0.29) is 67.1 Å². The number of amides is 1. The number of hydrogen-bond acceptors (Lipinski definition) is 4. The molecule has 0 aromatic heterocycles. The van der Waals surface area contributed by atoms with Crippen LogP contribution in [-0.2, 0) is 9.53 Å². The smallest absolute Gasteiger partial charge is 1.00 e. The summed E-state index contributed by atoms with van der Waals surface area (Å²) in [6.45, 7) is 1.35. The van der Waals surface area contributed by atoms with E-state index >= 15 is 0 Å². The van der Waals surface area contributed by atoms with Crippen LogP contribution in [0.15, 0.2) is 0 Å². The number of thiocarbonyl (C=S) groups is 1. The Balaban J connectivity index is -0.0000000338. The molecule has 0 aromatic rings. The summed E-state index contributed by atoms with van der Waals surface area (Å²) in [6.07, 6.45) is -0.956. The minimum atomic E-state index is -1.08. The Kier molecular flexibility index (Phi) is 25.0. The van der Waals surface area contributed by atoms with Crippen molar-refractivity contribution >= 4 is 41.2 Å². The molecule has 0 radical (unpaired) electrons. The first-order valence-corrected chi connectivity index (χ1v) is 3.80. The van der Waals surface area contributed by atoms with Crippen LogP contribution >= 0.6 is 24.8 Å². The van der Waals surface area contributed by atoms with E-state index in [0.717, 1.165) is 0 Å². The minimum absolute atomic E-state index is 0. The monoisotopic (exact) mass is 274 g/mol. The van der Waals surface area contributed by atoms with Gasteiger partial charge in [0.2, 0.25) is 0 Å². The zero-order chi connectivity index (χ0) is 11.0. The molecule has 0 heterocycles. The van der Waals surface area contributed by atoms with Gasteiger partial charge in [-0.2, -0.15) is 0 Å². The van der Waals surface area contributed by atoms with Crippen LogP contribution in [0.5, 0.6) is 0 Å². The molecule has 0 saturated heterocycles. The molecule has 1 atom stereocenters. The molecule has 0 bridgehead atoms. The van der Waals surface area contributed by atoms with Gasteiger partial charge in [0, 0.05) is 0 Å². The number of rotatable bonds is 2. The molecule has 10 heteroatoms. The third-order valence-electron chi connectivity index (χ3n) is 0.641. The second-order valence-corrected chi connectivity index (χ2v) is 2.60. The number of carboxylic acids is 1. The van der Waals surface area contributed by atoms with E-state index in [0.29, 0.717) is 0 Å². The van der Waals surface area contributed by atoms with Crippen molar-refractivity contribution in [3.63, 3.8) is 0 Å². The summed E-state index contributed by atoms with van der Waals surface area (Å²) >= 11 is 7.39. The molecule has 1 amide bonds. The summed E-state index contributed by atoms with van der Waals surface area (Å²) in [4.78, 5) is 19.1. The average Bonchev–Trinajstić information content (AvgIpc) is 1.83. The zero-order valence-corrected chi connectivity index (χ0v) is 14.5. The fourth-order valence-electron chi connectivity index (χ4n) is 0.225. The van der Waals surface area contributed by atoms with Gasteiger partial charge in [-0.1, -0.05) is 12.6 Å². The molecule has 80 valence electrons. The standard InChI is InChI=1S/C4H7NO3S.CH3NOS.2Na.2H/c1-2(3(6)7)8-4(5)9;2-1(3)4;;;;/h2H,1H3,(H2,5,9)(H,6,7);(H3,2,3,4);;;;/q;;2*+1;2*-1. The Morgan fingerprint density at radius 2 is 1.73 bits per heavy atom. The van der Waals surface area contributed by atoms with Gasteiger partial charge in [-0.05, 0) is 19.1 Å². The van der Waals surface area contributed by atoms with Crippen molar-refractivity contribution in [3.05, 3.63) is 0 Å². The molecule has 6 nitrogen and oxygen atoms in total. The van der Waals surface area contributed by atoms with Crippen molar-refractivity contribution in [2.45, 2.75) is 13.0 Å². The van der Waals surface area contributed by atoms with E-state index in [1.807, 2.05) is 0 Å². The molecule has 1 unspecified atom stereocenters. The van der Waals surface area contributed by atoms with Crippen LogP contribution in [0, 0.1) is 0 Å². The third kappa shape index (κ3) is 31.3. The number of hydrogen-bond donors (Lipinski definition) is 4. The van der Waals surface area contributed by atoms with Crippen LogP contribution in [0.1, 0.15) is 9.78 Å².